The Balaban J connectivity index is 0.00000338. The number of halogens is 1. The van der Waals surface area contributed by atoms with E-state index in [1.54, 1.807) is 0 Å². The minimum atomic E-state index is 0. The number of nitrogens with zero attached hydrogens (tertiary/aromatic N) is 2. The van der Waals surface area contributed by atoms with Crippen LogP contribution in [0, 0.1) is 0 Å². The van der Waals surface area contributed by atoms with Crippen molar-refractivity contribution in [2.24, 2.45) is 4.99 Å². The van der Waals surface area contributed by atoms with E-state index >= 15 is 0 Å². The van der Waals surface area contributed by atoms with Crippen LogP contribution in [0.2, 0.25) is 0 Å². The van der Waals surface area contributed by atoms with E-state index < -0.39 is 0 Å². The van der Waals surface area contributed by atoms with Gasteiger partial charge in [0.25, 0.3) is 0 Å². The minimum absolute atomic E-state index is 0. The topological polar surface area (TPSA) is 51.7 Å². The van der Waals surface area contributed by atoms with E-state index in [1.165, 1.54) is 37.1 Å². The molecular weight excluding hydrogens is 437 g/mol. The van der Waals surface area contributed by atoms with Gasteiger partial charge in [-0.05, 0) is 57.8 Å². The zero-order valence-electron chi connectivity index (χ0n) is 16.8. The van der Waals surface area contributed by atoms with E-state index in [9.17, 15) is 0 Å². The zero-order chi connectivity index (χ0) is 18.1. The Hall–Kier alpha value is -0.860. The highest BCUT2D eigenvalue weighted by Crippen LogP contribution is 2.13. The van der Waals surface area contributed by atoms with Gasteiger partial charge in [0, 0.05) is 38.8 Å². The Morgan fingerprint density at radius 1 is 1.00 bits per heavy atom. The first-order valence-electron chi connectivity index (χ1n) is 9.46. The monoisotopic (exact) mass is 473 g/mol. The molecule has 0 aliphatic carbocycles. The number of benzene rings is 1. The molecule has 1 aromatic rings. The molecule has 0 amide bonds. The molecule has 26 heavy (non-hydrogen) atoms. The maximum absolute atomic E-state index is 4.28. The lowest BCUT2D eigenvalue weighted by molar-refractivity contribution is 0.331. The Kier molecular flexibility index (Phi) is 10.5. The number of aliphatic imine (C=N–C) groups is 1. The average Bonchev–Trinajstić information content (AvgIpc) is 3.07. The van der Waals surface area contributed by atoms with Gasteiger partial charge in [0.1, 0.15) is 0 Å². The minimum Gasteiger partial charge on any atom is -0.355 e. The number of hydrogen-bond acceptors (Lipinski definition) is 3. The highest BCUT2D eigenvalue weighted by Gasteiger charge is 2.11. The first kappa shape index (κ1) is 23.2. The fourth-order valence-corrected chi connectivity index (χ4v) is 2.99. The highest BCUT2D eigenvalue weighted by atomic mass is 127. The number of rotatable bonds is 7. The van der Waals surface area contributed by atoms with Crippen LogP contribution in [-0.4, -0.2) is 49.6 Å². The molecule has 1 fully saturated rings. The maximum Gasteiger partial charge on any atom is 0.191 e. The predicted molar refractivity (Wildman–Crippen MR) is 122 cm³/mol. The first-order chi connectivity index (χ1) is 12.0. The van der Waals surface area contributed by atoms with Gasteiger partial charge >= 0.3 is 0 Å². The Morgan fingerprint density at radius 2 is 1.62 bits per heavy atom. The molecule has 0 aromatic heterocycles. The normalized spacial score (nSPS) is 15.6. The van der Waals surface area contributed by atoms with Gasteiger partial charge in [0.15, 0.2) is 5.96 Å². The third-order valence-electron chi connectivity index (χ3n) is 4.38. The van der Waals surface area contributed by atoms with Crippen LogP contribution in [0.25, 0.3) is 0 Å². The average molecular weight is 473 g/mol. The predicted octanol–water partition coefficient (Wildman–Crippen LogP) is 2.95. The Bertz CT molecular complexity index is 530. The van der Waals surface area contributed by atoms with Crippen LogP contribution in [-0.2, 0) is 13.1 Å². The number of guanidine groups is 1. The molecule has 1 saturated heterocycles. The second-order valence-electron chi connectivity index (χ2n) is 7.83. The van der Waals surface area contributed by atoms with Gasteiger partial charge in [-0.2, -0.15) is 0 Å². The van der Waals surface area contributed by atoms with Crippen molar-refractivity contribution in [3.05, 3.63) is 35.4 Å². The lowest BCUT2D eigenvalue weighted by atomic mass is 10.1. The molecule has 0 bridgehead atoms. The summed E-state index contributed by atoms with van der Waals surface area (Å²) < 4.78 is 0. The van der Waals surface area contributed by atoms with Gasteiger partial charge in [0.2, 0.25) is 0 Å². The van der Waals surface area contributed by atoms with E-state index in [-0.39, 0.29) is 29.5 Å². The lowest BCUT2D eigenvalue weighted by Crippen LogP contribution is -2.44. The van der Waals surface area contributed by atoms with Crippen LogP contribution in [0.5, 0.6) is 0 Å². The second-order valence-corrected chi connectivity index (χ2v) is 7.83. The summed E-state index contributed by atoms with van der Waals surface area (Å²) in [5.74, 6) is 0.844. The smallest absolute Gasteiger partial charge is 0.191 e. The first-order valence-corrected chi connectivity index (χ1v) is 9.46. The van der Waals surface area contributed by atoms with E-state index in [0.717, 1.165) is 32.1 Å². The molecule has 148 valence electrons. The molecule has 6 heteroatoms. The van der Waals surface area contributed by atoms with Gasteiger partial charge in [0.05, 0.1) is 0 Å². The van der Waals surface area contributed by atoms with Crippen LogP contribution < -0.4 is 16.0 Å². The molecule has 5 nitrogen and oxygen atoms in total. The molecule has 1 aromatic carbocycles. The summed E-state index contributed by atoms with van der Waals surface area (Å²) in [5, 5.41) is 10.2. The molecule has 0 spiro atoms. The molecule has 0 atom stereocenters. The molecule has 0 unspecified atom stereocenters. The van der Waals surface area contributed by atoms with Crippen molar-refractivity contribution >= 4 is 29.9 Å². The van der Waals surface area contributed by atoms with Gasteiger partial charge in [-0.3, -0.25) is 9.89 Å². The molecular formula is C20H36IN5. The lowest BCUT2D eigenvalue weighted by Gasteiger charge is -2.21. The van der Waals surface area contributed by atoms with Gasteiger partial charge in [-0.15, -0.1) is 24.0 Å². The van der Waals surface area contributed by atoms with Gasteiger partial charge in [-0.1, -0.05) is 24.3 Å². The second kappa shape index (κ2) is 11.8. The number of nitrogens with one attached hydrogen (secondary N) is 3. The highest BCUT2D eigenvalue weighted by molar-refractivity contribution is 14.0. The summed E-state index contributed by atoms with van der Waals surface area (Å²) in [4.78, 5) is 6.82. The van der Waals surface area contributed by atoms with Crippen molar-refractivity contribution in [2.75, 3.05) is 33.2 Å². The Morgan fingerprint density at radius 3 is 2.19 bits per heavy atom. The fourth-order valence-electron chi connectivity index (χ4n) is 2.99. The van der Waals surface area contributed by atoms with Crippen molar-refractivity contribution in [1.29, 1.82) is 0 Å². The fraction of sp³-hybridized carbons (Fsp3) is 0.650. The van der Waals surface area contributed by atoms with Crippen molar-refractivity contribution < 1.29 is 0 Å². The summed E-state index contributed by atoms with van der Waals surface area (Å²) in [6.07, 6.45) is 2.69. The molecule has 3 N–H and O–H groups in total. The van der Waals surface area contributed by atoms with Crippen molar-refractivity contribution in [3.8, 4) is 0 Å². The molecule has 1 aliphatic rings. The van der Waals surface area contributed by atoms with Crippen molar-refractivity contribution in [1.82, 2.24) is 20.9 Å². The quantitative estimate of drug-likeness (QED) is 0.247. The van der Waals surface area contributed by atoms with Crippen LogP contribution >= 0.6 is 24.0 Å². The third kappa shape index (κ3) is 9.19. The van der Waals surface area contributed by atoms with Crippen molar-refractivity contribution in [2.45, 2.75) is 52.2 Å². The summed E-state index contributed by atoms with van der Waals surface area (Å²) in [7, 11) is 1.81. The van der Waals surface area contributed by atoms with Crippen LogP contribution in [0.3, 0.4) is 0 Å². The largest absolute Gasteiger partial charge is 0.355 e. The van der Waals surface area contributed by atoms with Crippen molar-refractivity contribution in [3.63, 3.8) is 0 Å². The van der Waals surface area contributed by atoms with Crippen LogP contribution in [0.15, 0.2) is 29.3 Å². The molecule has 1 heterocycles. The zero-order valence-corrected chi connectivity index (χ0v) is 19.1. The molecule has 1 aliphatic heterocycles. The summed E-state index contributed by atoms with van der Waals surface area (Å²) in [6.45, 7) is 12.6. The third-order valence-corrected chi connectivity index (χ3v) is 4.38. The summed E-state index contributed by atoms with van der Waals surface area (Å²) in [6, 6.07) is 8.93. The van der Waals surface area contributed by atoms with E-state index in [1.807, 2.05) is 7.05 Å². The van der Waals surface area contributed by atoms with Crippen LogP contribution in [0.1, 0.15) is 44.7 Å². The summed E-state index contributed by atoms with van der Waals surface area (Å²) >= 11 is 0. The summed E-state index contributed by atoms with van der Waals surface area (Å²) in [5.41, 5.74) is 2.83. The van der Waals surface area contributed by atoms with Gasteiger partial charge in [-0.25, -0.2) is 0 Å². The number of likely N-dealkylation sites (tertiary alicyclic amines) is 1. The molecule has 2 rings (SSSR count). The van der Waals surface area contributed by atoms with E-state index in [4.69, 9.17) is 0 Å². The van der Waals surface area contributed by atoms with Gasteiger partial charge < -0.3 is 16.0 Å². The van der Waals surface area contributed by atoms with Crippen LogP contribution in [0.4, 0.5) is 0 Å². The molecule has 0 saturated carbocycles. The number of hydrogen-bond donors (Lipinski definition) is 3. The van der Waals surface area contributed by atoms with E-state index in [2.05, 4.69) is 70.9 Å². The maximum atomic E-state index is 4.28. The molecule has 0 radical (unpaired) electrons. The Labute approximate surface area is 176 Å². The standard InChI is InChI=1S/C20H35N5.HI/c1-20(2,3)24-12-11-22-19(21-4)23-15-17-7-9-18(10-8-17)16-25-13-5-6-14-25;/h7-10,24H,5-6,11-16H2,1-4H3,(H2,21,22,23);1H. The van der Waals surface area contributed by atoms with E-state index in [0.29, 0.717) is 0 Å². The SMILES string of the molecule is CN=C(NCCNC(C)(C)C)NCc1ccc(CN2CCCC2)cc1.I.